The summed E-state index contributed by atoms with van der Waals surface area (Å²) < 4.78 is 0. The van der Waals surface area contributed by atoms with Crippen molar-refractivity contribution in [2.45, 2.75) is 19.1 Å². The number of aliphatic hydroxyl groups is 1. The van der Waals surface area contributed by atoms with Crippen LogP contribution in [0.15, 0.2) is 54.6 Å². The van der Waals surface area contributed by atoms with E-state index in [0.29, 0.717) is 0 Å². The molecule has 2 rings (SSSR count). The number of para-hydroxylation sites is 1. The minimum absolute atomic E-state index is 0.0902. The minimum Gasteiger partial charge on any atom is -0.872 e. The van der Waals surface area contributed by atoms with Crippen LogP contribution in [0, 0.1) is 0 Å². The van der Waals surface area contributed by atoms with Gasteiger partial charge in [0.05, 0.1) is 11.7 Å². The number of carboxylic acid groups (broad SMARTS) is 1. The lowest BCUT2D eigenvalue weighted by Gasteiger charge is -2.17. The lowest BCUT2D eigenvalue weighted by Crippen LogP contribution is -2.28. The molecule has 0 heterocycles. The average Bonchev–Trinajstić information content (AvgIpc) is 2.55. The molecular weight excluding hydrogens is 282 g/mol. The predicted molar refractivity (Wildman–Crippen MR) is 82.8 cm³/mol. The Bertz CT molecular complexity index is 586. The van der Waals surface area contributed by atoms with Crippen molar-refractivity contribution >= 4 is 5.97 Å². The molecule has 2 atom stereocenters. The van der Waals surface area contributed by atoms with Gasteiger partial charge in [0, 0.05) is 6.04 Å². The number of carboxylic acids is 1. The van der Waals surface area contributed by atoms with Crippen molar-refractivity contribution in [3.05, 3.63) is 65.7 Å². The van der Waals surface area contributed by atoms with Crippen molar-refractivity contribution in [1.29, 1.82) is 0 Å². The average molecular weight is 302 g/mol. The molecule has 0 aromatic heterocycles. The van der Waals surface area contributed by atoms with Gasteiger partial charge in [0.25, 0.3) is 0 Å². The fourth-order valence-corrected chi connectivity index (χ4v) is 1.74. The third-order valence-corrected chi connectivity index (χ3v) is 3.19. The molecule has 2 aromatic rings. The molecule has 2 aromatic carbocycles. The third kappa shape index (κ3) is 5.20. The highest BCUT2D eigenvalue weighted by atomic mass is 16.4. The molecule has 118 valence electrons. The summed E-state index contributed by atoms with van der Waals surface area (Å²) in [5, 5.41) is 31.8. The molecule has 5 nitrogen and oxygen atoms in total. The minimum atomic E-state index is -1.18. The van der Waals surface area contributed by atoms with Crippen molar-refractivity contribution in [3.8, 4) is 5.75 Å². The molecule has 0 unspecified atom stereocenters. The van der Waals surface area contributed by atoms with Gasteiger partial charge in [-0.3, -0.25) is 0 Å². The number of nitrogens with one attached hydrogen (secondary N) is 1. The number of hydrogen-bond acceptors (Lipinski definition) is 4. The second-order valence-corrected chi connectivity index (χ2v) is 4.73. The van der Waals surface area contributed by atoms with Crippen LogP contribution in [0.3, 0.4) is 0 Å². The Morgan fingerprint density at radius 2 is 1.64 bits per heavy atom. The number of carbonyl (C=O) groups is 1. The van der Waals surface area contributed by atoms with Gasteiger partial charge in [0.15, 0.2) is 0 Å². The monoisotopic (exact) mass is 302 g/mol. The zero-order valence-electron chi connectivity index (χ0n) is 12.6. The Balaban J connectivity index is 0.000000224. The quantitative estimate of drug-likeness (QED) is 0.800. The zero-order valence-corrected chi connectivity index (χ0v) is 12.6. The molecular formula is C17H20NO4-. The normalized spacial score (nSPS) is 12.7. The van der Waals surface area contributed by atoms with Crippen molar-refractivity contribution in [2.75, 3.05) is 7.05 Å². The Kier molecular flexibility index (Phi) is 7.08. The van der Waals surface area contributed by atoms with Gasteiger partial charge in [-0.15, -0.1) is 0 Å². The second kappa shape index (κ2) is 8.81. The molecule has 0 radical (unpaired) electrons. The maximum Gasteiger partial charge on any atom is 0.335 e. The largest absolute Gasteiger partial charge is 0.872 e. The number of benzene rings is 2. The van der Waals surface area contributed by atoms with Gasteiger partial charge in [0.2, 0.25) is 0 Å². The molecule has 0 fully saturated rings. The van der Waals surface area contributed by atoms with Gasteiger partial charge >= 0.3 is 5.97 Å². The molecule has 0 aliphatic carbocycles. The van der Waals surface area contributed by atoms with E-state index in [2.05, 4.69) is 5.32 Å². The van der Waals surface area contributed by atoms with E-state index in [1.165, 1.54) is 24.3 Å². The van der Waals surface area contributed by atoms with Crippen LogP contribution in [0.2, 0.25) is 0 Å². The topological polar surface area (TPSA) is 92.6 Å². The second-order valence-electron chi connectivity index (χ2n) is 4.73. The van der Waals surface area contributed by atoms with Gasteiger partial charge in [-0.05, 0) is 25.6 Å². The number of hydrogen-bond donors (Lipinski definition) is 3. The number of rotatable bonds is 4. The number of aromatic carboxylic acids is 1. The van der Waals surface area contributed by atoms with Crippen molar-refractivity contribution in [3.63, 3.8) is 0 Å². The van der Waals surface area contributed by atoms with Gasteiger partial charge in [-0.2, -0.15) is 0 Å². The van der Waals surface area contributed by atoms with E-state index >= 15 is 0 Å². The van der Waals surface area contributed by atoms with Crippen LogP contribution in [0.4, 0.5) is 0 Å². The molecule has 0 saturated heterocycles. The first kappa shape index (κ1) is 17.7. The highest BCUT2D eigenvalue weighted by Gasteiger charge is 2.12. The van der Waals surface area contributed by atoms with Crippen LogP contribution >= 0.6 is 0 Å². The summed E-state index contributed by atoms with van der Waals surface area (Å²) in [6.07, 6.45) is -0.420. The molecule has 0 saturated carbocycles. The molecule has 0 spiro atoms. The molecule has 0 amide bonds. The lowest BCUT2D eigenvalue weighted by molar-refractivity contribution is -0.268. The van der Waals surface area contributed by atoms with E-state index < -0.39 is 17.8 Å². The van der Waals surface area contributed by atoms with Crippen LogP contribution in [-0.4, -0.2) is 29.3 Å². The molecule has 22 heavy (non-hydrogen) atoms. The first-order valence-corrected chi connectivity index (χ1v) is 6.87. The third-order valence-electron chi connectivity index (χ3n) is 3.19. The summed E-state index contributed by atoms with van der Waals surface area (Å²) in [6.45, 7) is 1.96. The van der Waals surface area contributed by atoms with Crippen molar-refractivity contribution in [1.82, 2.24) is 5.32 Å². The SMILES string of the molecule is CN[C@@H](C)[C@H](O)c1ccccc1.O=C(O)c1ccccc1[O-]. The Morgan fingerprint density at radius 3 is 2.09 bits per heavy atom. The van der Waals surface area contributed by atoms with E-state index in [1.54, 1.807) is 0 Å². The van der Waals surface area contributed by atoms with E-state index in [1.807, 2.05) is 44.3 Å². The smallest absolute Gasteiger partial charge is 0.335 e. The van der Waals surface area contributed by atoms with Crippen molar-refractivity contribution < 1.29 is 20.1 Å². The van der Waals surface area contributed by atoms with Crippen LogP contribution in [0.1, 0.15) is 28.9 Å². The summed E-state index contributed by atoms with van der Waals surface area (Å²) in [5.74, 6) is -1.62. The van der Waals surface area contributed by atoms with Crippen LogP contribution in [0.25, 0.3) is 0 Å². The lowest BCUT2D eigenvalue weighted by atomic mass is 10.0. The van der Waals surface area contributed by atoms with E-state index in [-0.39, 0.29) is 11.6 Å². The first-order valence-electron chi connectivity index (χ1n) is 6.87. The molecule has 0 aliphatic rings. The summed E-state index contributed by atoms with van der Waals surface area (Å²) in [5.41, 5.74) is 0.779. The predicted octanol–water partition coefficient (Wildman–Crippen LogP) is 1.79. The fraction of sp³-hybridized carbons (Fsp3) is 0.235. The Morgan fingerprint density at radius 1 is 1.09 bits per heavy atom. The van der Waals surface area contributed by atoms with Gasteiger partial charge < -0.3 is 20.6 Å². The summed E-state index contributed by atoms with van der Waals surface area (Å²) in [7, 11) is 1.84. The fourth-order valence-electron chi connectivity index (χ4n) is 1.74. The van der Waals surface area contributed by atoms with Gasteiger partial charge in [0.1, 0.15) is 0 Å². The molecule has 5 heteroatoms. The van der Waals surface area contributed by atoms with Gasteiger partial charge in [-0.1, -0.05) is 54.3 Å². The van der Waals surface area contributed by atoms with E-state index in [9.17, 15) is 15.0 Å². The standard InChI is InChI=1S/C10H15NO.C7H6O3/c1-8(11-2)10(12)9-6-4-3-5-7-9;8-6-4-2-1-3-5(6)7(9)10/h3-8,10-12H,1-2H3;1-4,8H,(H,9,10)/p-1/t8-,10-;/m0./s1. The highest BCUT2D eigenvalue weighted by molar-refractivity contribution is 5.90. The Labute approximate surface area is 129 Å². The highest BCUT2D eigenvalue weighted by Crippen LogP contribution is 2.15. The van der Waals surface area contributed by atoms with Crippen LogP contribution < -0.4 is 10.4 Å². The van der Waals surface area contributed by atoms with Crippen LogP contribution in [-0.2, 0) is 0 Å². The molecule has 0 aliphatic heterocycles. The molecule has 3 N–H and O–H groups in total. The number of aliphatic hydroxyl groups excluding tert-OH is 1. The summed E-state index contributed by atoms with van der Waals surface area (Å²) >= 11 is 0. The van der Waals surface area contributed by atoms with Crippen LogP contribution in [0.5, 0.6) is 5.75 Å². The summed E-state index contributed by atoms with van der Waals surface area (Å²) in [4.78, 5) is 10.2. The number of likely N-dealkylation sites (N-methyl/N-ethyl adjacent to an activating group) is 1. The van der Waals surface area contributed by atoms with Crippen molar-refractivity contribution in [2.24, 2.45) is 0 Å². The van der Waals surface area contributed by atoms with Gasteiger partial charge in [-0.25, -0.2) is 4.79 Å². The summed E-state index contributed by atoms with van der Waals surface area (Å²) in [6, 6.07) is 15.3. The van der Waals surface area contributed by atoms with E-state index in [0.717, 1.165) is 5.56 Å². The molecule has 0 bridgehead atoms. The first-order chi connectivity index (χ1) is 10.5. The van der Waals surface area contributed by atoms with E-state index in [4.69, 9.17) is 5.11 Å². The zero-order chi connectivity index (χ0) is 16.5. The maximum absolute atomic E-state index is 10.7. The Hall–Kier alpha value is -2.37. The maximum atomic E-state index is 10.7.